The minimum absolute atomic E-state index is 0.214. The summed E-state index contributed by atoms with van der Waals surface area (Å²) in [4.78, 5) is 4.08. The number of nitrogens with one attached hydrogen (secondary N) is 1. The van der Waals surface area contributed by atoms with Crippen LogP contribution in [0.4, 0.5) is 8.78 Å². The molecule has 20 heavy (non-hydrogen) atoms. The summed E-state index contributed by atoms with van der Waals surface area (Å²) in [6.07, 6.45) is 4.69. The molecule has 0 radical (unpaired) electrons. The van der Waals surface area contributed by atoms with Crippen LogP contribution in [0, 0.1) is 11.6 Å². The van der Waals surface area contributed by atoms with E-state index in [0.717, 1.165) is 23.6 Å². The Morgan fingerprint density at radius 1 is 1.25 bits per heavy atom. The number of aryl methyl sites for hydroxylation is 1. The van der Waals surface area contributed by atoms with Crippen LogP contribution in [0.1, 0.15) is 29.7 Å². The Kier molecular flexibility index (Phi) is 4.76. The van der Waals surface area contributed by atoms with Crippen LogP contribution >= 0.6 is 0 Å². The lowest BCUT2D eigenvalue weighted by molar-refractivity contribution is 0.536. The number of hydrazine groups is 1. The van der Waals surface area contributed by atoms with E-state index in [1.54, 1.807) is 12.4 Å². The van der Waals surface area contributed by atoms with Crippen LogP contribution in [0.15, 0.2) is 36.7 Å². The van der Waals surface area contributed by atoms with Gasteiger partial charge in [0.1, 0.15) is 11.6 Å². The molecule has 1 aromatic carbocycles. The third-order valence-corrected chi connectivity index (χ3v) is 3.26. The smallest absolute Gasteiger partial charge is 0.126 e. The van der Waals surface area contributed by atoms with Gasteiger partial charge in [0.25, 0.3) is 0 Å². The van der Waals surface area contributed by atoms with Crippen LogP contribution in [0.5, 0.6) is 0 Å². The highest BCUT2D eigenvalue weighted by Crippen LogP contribution is 2.22. The van der Waals surface area contributed by atoms with Crippen molar-refractivity contribution in [2.24, 2.45) is 5.84 Å². The number of rotatable bonds is 5. The largest absolute Gasteiger partial charge is 0.271 e. The van der Waals surface area contributed by atoms with Gasteiger partial charge in [0.15, 0.2) is 0 Å². The van der Waals surface area contributed by atoms with Crippen LogP contribution in [0.25, 0.3) is 0 Å². The van der Waals surface area contributed by atoms with Crippen LogP contribution < -0.4 is 11.3 Å². The van der Waals surface area contributed by atoms with Gasteiger partial charge in [-0.15, -0.1) is 0 Å². The molecule has 0 spiro atoms. The third-order valence-electron chi connectivity index (χ3n) is 3.26. The fraction of sp³-hybridized carbons (Fsp3) is 0.267. The second kappa shape index (κ2) is 6.54. The first-order valence-electron chi connectivity index (χ1n) is 6.48. The summed E-state index contributed by atoms with van der Waals surface area (Å²) in [6, 6.07) is 5.16. The monoisotopic (exact) mass is 277 g/mol. The Morgan fingerprint density at radius 2 is 1.95 bits per heavy atom. The van der Waals surface area contributed by atoms with Crippen LogP contribution in [-0.2, 0) is 12.8 Å². The molecule has 1 atom stereocenters. The number of pyridine rings is 1. The Morgan fingerprint density at radius 3 is 2.55 bits per heavy atom. The topological polar surface area (TPSA) is 50.9 Å². The van der Waals surface area contributed by atoms with Gasteiger partial charge in [0.05, 0.1) is 6.04 Å². The first-order valence-corrected chi connectivity index (χ1v) is 6.48. The lowest BCUT2D eigenvalue weighted by Gasteiger charge is -2.19. The lowest BCUT2D eigenvalue weighted by atomic mass is 9.95. The maximum absolute atomic E-state index is 13.2. The summed E-state index contributed by atoms with van der Waals surface area (Å²) >= 11 is 0. The minimum Gasteiger partial charge on any atom is -0.271 e. The first kappa shape index (κ1) is 14.6. The Labute approximate surface area is 116 Å². The molecule has 0 fully saturated rings. The molecule has 0 aliphatic rings. The van der Waals surface area contributed by atoms with E-state index < -0.39 is 11.6 Å². The van der Waals surface area contributed by atoms with E-state index in [-0.39, 0.29) is 6.04 Å². The molecule has 2 rings (SSSR count). The predicted octanol–water partition coefficient (Wildman–Crippen LogP) is 2.67. The van der Waals surface area contributed by atoms with E-state index >= 15 is 0 Å². The number of hydrogen-bond acceptors (Lipinski definition) is 3. The van der Waals surface area contributed by atoms with Crippen LogP contribution in [-0.4, -0.2) is 4.98 Å². The van der Waals surface area contributed by atoms with Gasteiger partial charge in [-0.3, -0.25) is 16.3 Å². The van der Waals surface area contributed by atoms with Crippen LogP contribution in [0.3, 0.4) is 0 Å². The SMILES string of the molecule is CCc1cnccc1C(Cc1cc(F)cc(F)c1)NN. The zero-order chi connectivity index (χ0) is 14.5. The molecule has 0 amide bonds. The standard InChI is InChI=1S/C15H17F2N3/c1-2-11-9-19-4-3-14(11)15(20-18)7-10-5-12(16)8-13(17)6-10/h3-6,8-9,15,20H,2,7,18H2,1H3. The Bertz CT molecular complexity index is 567. The van der Waals surface area contributed by atoms with Gasteiger partial charge < -0.3 is 0 Å². The fourth-order valence-corrected chi connectivity index (χ4v) is 2.30. The number of benzene rings is 1. The van der Waals surface area contributed by atoms with E-state index in [0.29, 0.717) is 12.0 Å². The molecule has 1 unspecified atom stereocenters. The number of halogens is 2. The number of aromatic nitrogens is 1. The molecule has 1 aromatic heterocycles. The molecule has 1 heterocycles. The van der Waals surface area contributed by atoms with Gasteiger partial charge in [0.2, 0.25) is 0 Å². The Hall–Kier alpha value is -1.85. The lowest BCUT2D eigenvalue weighted by Crippen LogP contribution is -2.30. The maximum atomic E-state index is 13.2. The molecule has 0 bridgehead atoms. The van der Waals surface area contributed by atoms with Crippen molar-refractivity contribution in [2.45, 2.75) is 25.8 Å². The normalized spacial score (nSPS) is 12.4. The van der Waals surface area contributed by atoms with E-state index in [4.69, 9.17) is 5.84 Å². The summed E-state index contributed by atoms with van der Waals surface area (Å²) in [5.41, 5.74) is 5.32. The van der Waals surface area contributed by atoms with Gasteiger partial charge in [-0.05, 0) is 47.7 Å². The molecule has 0 aliphatic carbocycles. The van der Waals surface area contributed by atoms with E-state index in [1.807, 2.05) is 13.0 Å². The van der Waals surface area contributed by atoms with Crippen molar-refractivity contribution in [1.82, 2.24) is 10.4 Å². The van der Waals surface area contributed by atoms with Gasteiger partial charge >= 0.3 is 0 Å². The fourth-order valence-electron chi connectivity index (χ4n) is 2.30. The minimum atomic E-state index is -0.582. The van der Waals surface area contributed by atoms with Gasteiger partial charge in [-0.1, -0.05) is 6.92 Å². The maximum Gasteiger partial charge on any atom is 0.126 e. The molecule has 0 aliphatic heterocycles. The second-order valence-corrected chi connectivity index (χ2v) is 4.63. The van der Waals surface area contributed by atoms with Crippen LogP contribution in [0.2, 0.25) is 0 Å². The summed E-state index contributed by atoms with van der Waals surface area (Å²) in [6.45, 7) is 2.02. The summed E-state index contributed by atoms with van der Waals surface area (Å²) < 4.78 is 26.5. The number of nitrogens with two attached hydrogens (primary N) is 1. The van der Waals surface area contributed by atoms with Crippen molar-refractivity contribution >= 4 is 0 Å². The molecule has 0 saturated carbocycles. The quantitative estimate of drug-likeness (QED) is 0.652. The zero-order valence-electron chi connectivity index (χ0n) is 11.2. The molecular formula is C15H17F2N3. The van der Waals surface area contributed by atoms with Crippen molar-refractivity contribution in [3.63, 3.8) is 0 Å². The van der Waals surface area contributed by atoms with Crippen molar-refractivity contribution in [3.05, 3.63) is 65.0 Å². The number of hydrogen-bond donors (Lipinski definition) is 2. The molecule has 2 aromatic rings. The first-order chi connectivity index (χ1) is 9.63. The number of nitrogens with zero attached hydrogens (tertiary/aromatic N) is 1. The Balaban J connectivity index is 2.28. The average Bonchev–Trinajstić information content (AvgIpc) is 2.43. The molecule has 106 valence electrons. The predicted molar refractivity (Wildman–Crippen MR) is 73.7 cm³/mol. The van der Waals surface area contributed by atoms with E-state index in [9.17, 15) is 8.78 Å². The molecular weight excluding hydrogens is 260 g/mol. The summed E-state index contributed by atoms with van der Waals surface area (Å²) in [5, 5.41) is 0. The summed E-state index contributed by atoms with van der Waals surface area (Å²) in [5.74, 6) is 4.43. The molecule has 5 heteroatoms. The van der Waals surface area contributed by atoms with Gasteiger partial charge in [-0.2, -0.15) is 0 Å². The van der Waals surface area contributed by atoms with Crippen molar-refractivity contribution in [2.75, 3.05) is 0 Å². The van der Waals surface area contributed by atoms with Crippen molar-refractivity contribution in [3.8, 4) is 0 Å². The van der Waals surface area contributed by atoms with Gasteiger partial charge in [0, 0.05) is 18.5 Å². The highest BCUT2D eigenvalue weighted by molar-refractivity contribution is 5.29. The molecule has 3 N–H and O–H groups in total. The van der Waals surface area contributed by atoms with E-state index in [2.05, 4.69) is 10.4 Å². The van der Waals surface area contributed by atoms with E-state index in [1.165, 1.54) is 12.1 Å². The molecule has 3 nitrogen and oxygen atoms in total. The highest BCUT2D eigenvalue weighted by atomic mass is 19.1. The third kappa shape index (κ3) is 3.37. The zero-order valence-corrected chi connectivity index (χ0v) is 11.2. The van der Waals surface area contributed by atoms with Gasteiger partial charge in [-0.25, -0.2) is 8.78 Å². The highest BCUT2D eigenvalue weighted by Gasteiger charge is 2.15. The summed E-state index contributed by atoms with van der Waals surface area (Å²) in [7, 11) is 0. The average molecular weight is 277 g/mol. The van der Waals surface area contributed by atoms with Crippen molar-refractivity contribution in [1.29, 1.82) is 0 Å². The second-order valence-electron chi connectivity index (χ2n) is 4.63. The van der Waals surface area contributed by atoms with Crippen molar-refractivity contribution < 1.29 is 8.78 Å². The molecule has 0 saturated heterocycles.